The fraction of sp³-hybridized carbons (Fsp3) is 0.769. The van der Waals surface area contributed by atoms with E-state index in [0.717, 1.165) is 0 Å². The van der Waals surface area contributed by atoms with Gasteiger partial charge in [0.2, 0.25) is 5.91 Å². The summed E-state index contributed by atoms with van der Waals surface area (Å²) in [7, 11) is 1.50. The Hall–Kier alpha value is -1.63. The minimum atomic E-state index is -1.18. The highest BCUT2D eigenvalue weighted by molar-refractivity contribution is 5.83. The van der Waals surface area contributed by atoms with Crippen LogP contribution in [0.2, 0.25) is 0 Å². The second kappa shape index (κ2) is 6.21. The third-order valence-corrected chi connectivity index (χ3v) is 3.73. The number of carbonyl (C=O) groups is 3. The van der Waals surface area contributed by atoms with E-state index in [-0.39, 0.29) is 31.8 Å². The Kier molecular flexibility index (Phi) is 5.10. The van der Waals surface area contributed by atoms with E-state index in [1.807, 2.05) is 0 Å². The highest BCUT2D eigenvalue weighted by atomic mass is 16.5. The van der Waals surface area contributed by atoms with E-state index in [1.165, 1.54) is 12.0 Å². The monoisotopic (exact) mass is 287 g/mol. The summed E-state index contributed by atoms with van der Waals surface area (Å²) >= 11 is 0. The first-order valence-electron chi connectivity index (χ1n) is 6.46. The minimum absolute atomic E-state index is 0.0646. The van der Waals surface area contributed by atoms with Crippen LogP contribution in [-0.4, -0.2) is 58.8 Å². The van der Waals surface area contributed by atoms with Crippen molar-refractivity contribution >= 4 is 17.8 Å². The van der Waals surface area contributed by atoms with Gasteiger partial charge >= 0.3 is 11.9 Å². The number of carboxylic acids is 2. The van der Waals surface area contributed by atoms with Crippen LogP contribution in [0.4, 0.5) is 0 Å². The number of hydrogen-bond acceptors (Lipinski definition) is 4. The standard InChI is InChI=1S/C13H21NO6/c1-13(2,20-3)6-10(15)14-5-4-8(11(16)17)9(7-14)12(18)19/h8-9H,4-7H2,1-3H3,(H,16,17)(H,18,19). The largest absolute Gasteiger partial charge is 0.481 e. The number of aliphatic carboxylic acids is 2. The zero-order valence-corrected chi connectivity index (χ0v) is 12.0. The summed E-state index contributed by atoms with van der Waals surface area (Å²) in [5, 5.41) is 18.1. The van der Waals surface area contributed by atoms with E-state index >= 15 is 0 Å². The number of likely N-dealkylation sites (tertiary alicyclic amines) is 1. The van der Waals surface area contributed by atoms with Crippen LogP contribution in [0.3, 0.4) is 0 Å². The lowest BCUT2D eigenvalue weighted by atomic mass is 9.85. The average Bonchev–Trinajstić information content (AvgIpc) is 2.37. The molecular weight excluding hydrogens is 266 g/mol. The maximum absolute atomic E-state index is 12.1. The van der Waals surface area contributed by atoms with E-state index in [2.05, 4.69) is 0 Å². The van der Waals surface area contributed by atoms with Gasteiger partial charge in [0.25, 0.3) is 0 Å². The molecule has 1 aliphatic heterocycles. The molecule has 0 aliphatic carbocycles. The second-order valence-corrected chi connectivity index (χ2v) is 5.66. The molecule has 1 rings (SSSR count). The predicted molar refractivity (Wildman–Crippen MR) is 69.2 cm³/mol. The Morgan fingerprint density at radius 2 is 1.75 bits per heavy atom. The van der Waals surface area contributed by atoms with Crippen LogP contribution in [0.1, 0.15) is 26.7 Å². The van der Waals surface area contributed by atoms with Crippen molar-refractivity contribution in [2.75, 3.05) is 20.2 Å². The van der Waals surface area contributed by atoms with Gasteiger partial charge < -0.3 is 19.8 Å². The molecule has 0 radical (unpaired) electrons. The van der Waals surface area contributed by atoms with Crippen LogP contribution in [0.5, 0.6) is 0 Å². The van der Waals surface area contributed by atoms with Gasteiger partial charge in [0.1, 0.15) is 0 Å². The van der Waals surface area contributed by atoms with Crippen LogP contribution in [0.15, 0.2) is 0 Å². The first-order chi connectivity index (χ1) is 9.18. The van der Waals surface area contributed by atoms with E-state index in [9.17, 15) is 14.4 Å². The minimum Gasteiger partial charge on any atom is -0.481 e. The van der Waals surface area contributed by atoms with Crippen molar-refractivity contribution in [3.63, 3.8) is 0 Å². The zero-order valence-electron chi connectivity index (χ0n) is 12.0. The van der Waals surface area contributed by atoms with Crippen molar-refractivity contribution in [1.82, 2.24) is 4.90 Å². The summed E-state index contributed by atoms with van der Waals surface area (Å²) in [6.07, 6.45) is 0.291. The Morgan fingerprint density at radius 1 is 1.20 bits per heavy atom. The van der Waals surface area contributed by atoms with E-state index in [0.29, 0.717) is 0 Å². The quantitative estimate of drug-likeness (QED) is 0.760. The van der Waals surface area contributed by atoms with Crippen LogP contribution in [0.25, 0.3) is 0 Å². The number of nitrogens with zero attached hydrogens (tertiary/aromatic N) is 1. The van der Waals surface area contributed by atoms with Crippen molar-refractivity contribution in [2.24, 2.45) is 11.8 Å². The molecule has 0 aromatic heterocycles. The first kappa shape index (κ1) is 16.4. The third-order valence-electron chi connectivity index (χ3n) is 3.73. The number of carboxylic acid groups (broad SMARTS) is 2. The van der Waals surface area contributed by atoms with Gasteiger partial charge in [-0.15, -0.1) is 0 Å². The Labute approximate surface area is 117 Å². The molecule has 1 amide bonds. The predicted octanol–water partition coefficient (Wildman–Crippen LogP) is 0.435. The average molecular weight is 287 g/mol. The molecule has 1 fully saturated rings. The van der Waals surface area contributed by atoms with Crippen LogP contribution in [0, 0.1) is 11.8 Å². The second-order valence-electron chi connectivity index (χ2n) is 5.66. The summed E-state index contributed by atoms with van der Waals surface area (Å²) in [6, 6.07) is 0. The van der Waals surface area contributed by atoms with Gasteiger partial charge in [-0.1, -0.05) is 0 Å². The lowest BCUT2D eigenvalue weighted by molar-refractivity contribution is -0.159. The van der Waals surface area contributed by atoms with E-state index in [1.54, 1.807) is 13.8 Å². The molecule has 7 nitrogen and oxygen atoms in total. The number of hydrogen-bond donors (Lipinski definition) is 2. The summed E-state index contributed by atoms with van der Waals surface area (Å²) in [5.74, 6) is -4.52. The number of ether oxygens (including phenoxy) is 1. The Balaban J connectivity index is 2.74. The number of amides is 1. The fourth-order valence-electron chi connectivity index (χ4n) is 2.27. The maximum atomic E-state index is 12.1. The molecule has 1 heterocycles. The molecule has 7 heteroatoms. The van der Waals surface area contributed by atoms with Crippen molar-refractivity contribution in [1.29, 1.82) is 0 Å². The molecule has 2 N–H and O–H groups in total. The molecule has 2 unspecified atom stereocenters. The highest BCUT2D eigenvalue weighted by Crippen LogP contribution is 2.26. The van der Waals surface area contributed by atoms with Gasteiger partial charge in [-0.05, 0) is 20.3 Å². The molecule has 0 bridgehead atoms. The van der Waals surface area contributed by atoms with E-state index in [4.69, 9.17) is 14.9 Å². The molecule has 1 saturated heterocycles. The van der Waals surface area contributed by atoms with Crippen LogP contribution >= 0.6 is 0 Å². The van der Waals surface area contributed by atoms with Gasteiger partial charge in [0, 0.05) is 20.2 Å². The lowest BCUT2D eigenvalue weighted by Gasteiger charge is -2.36. The molecule has 114 valence electrons. The molecule has 20 heavy (non-hydrogen) atoms. The van der Waals surface area contributed by atoms with Gasteiger partial charge in [0.15, 0.2) is 0 Å². The van der Waals surface area contributed by atoms with Gasteiger partial charge in [-0.3, -0.25) is 14.4 Å². The molecule has 2 atom stereocenters. The van der Waals surface area contributed by atoms with Gasteiger partial charge in [0.05, 0.1) is 23.9 Å². The van der Waals surface area contributed by atoms with Gasteiger partial charge in [-0.25, -0.2) is 0 Å². The number of carbonyl (C=O) groups excluding carboxylic acids is 1. The Bertz CT molecular complexity index is 406. The fourth-order valence-corrected chi connectivity index (χ4v) is 2.27. The van der Waals surface area contributed by atoms with Crippen molar-refractivity contribution in [2.45, 2.75) is 32.3 Å². The zero-order chi connectivity index (χ0) is 15.5. The van der Waals surface area contributed by atoms with Crippen molar-refractivity contribution in [3.05, 3.63) is 0 Å². The normalized spacial score (nSPS) is 23.4. The SMILES string of the molecule is COC(C)(C)CC(=O)N1CCC(C(=O)O)C(C(=O)O)C1. The number of rotatable bonds is 5. The van der Waals surface area contributed by atoms with Gasteiger partial charge in [-0.2, -0.15) is 0 Å². The van der Waals surface area contributed by atoms with E-state index < -0.39 is 29.4 Å². The number of methoxy groups -OCH3 is 1. The Morgan fingerprint density at radius 3 is 2.20 bits per heavy atom. The summed E-state index contributed by atoms with van der Waals surface area (Å²) in [5.41, 5.74) is -0.626. The number of piperidine rings is 1. The molecule has 0 spiro atoms. The maximum Gasteiger partial charge on any atom is 0.309 e. The summed E-state index contributed by atoms with van der Waals surface area (Å²) in [6.45, 7) is 3.73. The van der Waals surface area contributed by atoms with Crippen LogP contribution in [-0.2, 0) is 19.1 Å². The summed E-state index contributed by atoms with van der Waals surface area (Å²) in [4.78, 5) is 35.7. The third kappa shape index (κ3) is 3.93. The molecule has 1 aliphatic rings. The summed E-state index contributed by atoms with van der Waals surface area (Å²) < 4.78 is 5.17. The highest BCUT2D eigenvalue weighted by Gasteiger charge is 2.40. The molecule has 0 aromatic carbocycles. The first-order valence-corrected chi connectivity index (χ1v) is 6.46. The lowest BCUT2D eigenvalue weighted by Crippen LogP contribution is -2.49. The molecular formula is C13H21NO6. The molecule has 0 aromatic rings. The smallest absolute Gasteiger partial charge is 0.309 e. The topological polar surface area (TPSA) is 104 Å². The van der Waals surface area contributed by atoms with Crippen LogP contribution < -0.4 is 0 Å². The molecule has 0 saturated carbocycles. The van der Waals surface area contributed by atoms with Crippen molar-refractivity contribution < 1.29 is 29.3 Å². The van der Waals surface area contributed by atoms with Crippen molar-refractivity contribution in [3.8, 4) is 0 Å².